The molecule has 1 aliphatic carbocycles. The predicted molar refractivity (Wildman–Crippen MR) is 53.6 cm³/mol. The van der Waals surface area contributed by atoms with Gasteiger partial charge < -0.3 is 0 Å². The monoisotopic (exact) mass is 177 g/mol. The van der Waals surface area contributed by atoms with E-state index in [1.165, 1.54) is 12.0 Å². The van der Waals surface area contributed by atoms with E-state index in [0.717, 1.165) is 29.1 Å². The first-order valence-corrected chi connectivity index (χ1v) is 4.68. The highest BCUT2D eigenvalue weighted by Crippen LogP contribution is 2.20. The van der Waals surface area contributed by atoms with Crippen LogP contribution < -0.4 is 0 Å². The molecule has 0 bridgehead atoms. The van der Waals surface area contributed by atoms with E-state index in [-0.39, 0.29) is 0 Å². The Morgan fingerprint density at radius 1 is 1.33 bits per heavy atom. The molecule has 0 saturated carbocycles. The van der Waals surface area contributed by atoms with Crippen LogP contribution in [0.1, 0.15) is 29.8 Å². The fourth-order valence-electron chi connectivity index (χ4n) is 1.59. The lowest BCUT2D eigenvalue weighted by Crippen LogP contribution is -2.12. The van der Waals surface area contributed by atoms with E-state index in [1.54, 1.807) is 0 Å². The second-order valence-corrected chi connectivity index (χ2v) is 3.73. The fourth-order valence-corrected chi connectivity index (χ4v) is 1.91. The van der Waals surface area contributed by atoms with E-state index in [9.17, 15) is 0 Å². The Balaban J connectivity index is 2.54. The van der Waals surface area contributed by atoms with Crippen LogP contribution in [0.3, 0.4) is 0 Å². The van der Waals surface area contributed by atoms with Crippen LogP contribution in [0.25, 0.3) is 0 Å². The normalized spacial score (nSPS) is 15.9. The molecule has 0 amide bonds. The van der Waals surface area contributed by atoms with Crippen LogP contribution >= 0.6 is 12.2 Å². The highest BCUT2D eigenvalue weighted by Gasteiger charge is 2.14. The van der Waals surface area contributed by atoms with Crippen molar-refractivity contribution in [2.24, 2.45) is 0 Å². The SMILES string of the molecule is Cc1ccc2c(n1)C(=S)CCC2. The number of hydrogen-bond donors (Lipinski definition) is 0. The molecule has 0 atom stereocenters. The number of aryl methyl sites for hydroxylation is 2. The number of aromatic nitrogens is 1. The van der Waals surface area contributed by atoms with Gasteiger partial charge in [-0.3, -0.25) is 4.98 Å². The maximum Gasteiger partial charge on any atom is 0.0804 e. The van der Waals surface area contributed by atoms with Crippen molar-refractivity contribution in [1.82, 2.24) is 4.98 Å². The lowest BCUT2D eigenvalue weighted by molar-refractivity contribution is 0.832. The minimum atomic E-state index is 1.04. The molecule has 12 heavy (non-hydrogen) atoms. The molecule has 1 aromatic rings. The average Bonchev–Trinajstić information content (AvgIpc) is 2.07. The largest absolute Gasteiger partial charge is 0.252 e. The van der Waals surface area contributed by atoms with Gasteiger partial charge in [-0.25, -0.2) is 0 Å². The van der Waals surface area contributed by atoms with E-state index >= 15 is 0 Å². The molecule has 0 aliphatic heterocycles. The van der Waals surface area contributed by atoms with Crippen molar-refractivity contribution in [3.63, 3.8) is 0 Å². The summed E-state index contributed by atoms with van der Waals surface area (Å²) >= 11 is 5.26. The summed E-state index contributed by atoms with van der Waals surface area (Å²) in [6, 6.07) is 4.22. The van der Waals surface area contributed by atoms with Crippen LogP contribution in [-0.2, 0) is 6.42 Å². The minimum Gasteiger partial charge on any atom is -0.252 e. The van der Waals surface area contributed by atoms with Crippen molar-refractivity contribution in [2.45, 2.75) is 26.2 Å². The van der Waals surface area contributed by atoms with Gasteiger partial charge in [-0.05, 0) is 37.8 Å². The zero-order valence-corrected chi connectivity index (χ0v) is 7.95. The third-order valence-corrected chi connectivity index (χ3v) is 2.63. The molecule has 1 aromatic heterocycles. The molecule has 0 spiro atoms. The Morgan fingerprint density at radius 2 is 2.17 bits per heavy atom. The topological polar surface area (TPSA) is 12.9 Å². The maximum atomic E-state index is 5.26. The summed E-state index contributed by atoms with van der Waals surface area (Å²) in [6.45, 7) is 2.01. The van der Waals surface area contributed by atoms with Crippen LogP contribution in [0, 0.1) is 6.92 Å². The van der Waals surface area contributed by atoms with Gasteiger partial charge in [0.1, 0.15) is 0 Å². The minimum absolute atomic E-state index is 1.04. The quantitative estimate of drug-likeness (QED) is 0.564. The Kier molecular flexibility index (Phi) is 1.93. The van der Waals surface area contributed by atoms with Gasteiger partial charge in [0.05, 0.1) is 5.69 Å². The van der Waals surface area contributed by atoms with Gasteiger partial charge in [0.15, 0.2) is 0 Å². The van der Waals surface area contributed by atoms with E-state index < -0.39 is 0 Å². The molecule has 2 rings (SSSR count). The van der Waals surface area contributed by atoms with Gasteiger partial charge in [-0.1, -0.05) is 18.3 Å². The van der Waals surface area contributed by atoms with Crippen LogP contribution in [-0.4, -0.2) is 9.85 Å². The van der Waals surface area contributed by atoms with Gasteiger partial charge in [-0.2, -0.15) is 0 Å². The van der Waals surface area contributed by atoms with Crippen molar-refractivity contribution >= 4 is 17.1 Å². The number of pyridine rings is 1. The van der Waals surface area contributed by atoms with Crippen molar-refractivity contribution in [2.75, 3.05) is 0 Å². The Labute approximate surface area is 77.8 Å². The Bertz CT molecular complexity index is 331. The lowest BCUT2D eigenvalue weighted by Gasteiger charge is -2.15. The number of rotatable bonds is 0. The first-order valence-electron chi connectivity index (χ1n) is 4.27. The molecular weight excluding hydrogens is 166 g/mol. The summed E-state index contributed by atoms with van der Waals surface area (Å²) in [5.74, 6) is 0. The molecule has 0 radical (unpaired) electrons. The van der Waals surface area contributed by atoms with Crippen LogP contribution in [0.2, 0.25) is 0 Å². The molecule has 1 nitrogen and oxygen atoms in total. The molecule has 2 heteroatoms. The van der Waals surface area contributed by atoms with Crippen LogP contribution in [0.4, 0.5) is 0 Å². The highest BCUT2D eigenvalue weighted by atomic mass is 32.1. The molecule has 62 valence electrons. The van der Waals surface area contributed by atoms with Gasteiger partial charge in [0.25, 0.3) is 0 Å². The standard InChI is InChI=1S/C10H11NS/c1-7-5-6-8-3-2-4-9(12)10(8)11-7/h5-6H,2-4H2,1H3. The molecule has 1 heterocycles. The zero-order chi connectivity index (χ0) is 8.55. The van der Waals surface area contributed by atoms with Gasteiger partial charge >= 0.3 is 0 Å². The summed E-state index contributed by atoms with van der Waals surface area (Å²) in [6.07, 6.45) is 3.37. The summed E-state index contributed by atoms with van der Waals surface area (Å²) < 4.78 is 0. The third-order valence-electron chi connectivity index (χ3n) is 2.23. The predicted octanol–water partition coefficient (Wildman–Crippen LogP) is 2.44. The average molecular weight is 177 g/mol. The van der Waals surface area contributed by atoms with Gasteiger partial charge in [0, 0.05) is 10.6 Å². The smallest absolute Gasteiger partial charge is 0.0804 e. The molecular formula is C10H11NS. The Hall–Kier alpha value is -0.760. The van der Waals surface area contributed by atoms with Crippen molar-refractivity contribution in [1.29, 1.82) is 0 Å². The molecule has 0 fully saturated rings. The second kappa shape index (κ2) is 2.94. The molecule has 0 saturated heterocycles. The first kappa shape index (κ1) is 7.87. The number of thiocarbonyl (C=S) groups is 1. The fraction of sp³-hybridized carbons (Fsp3) is 0.400. The summed E-state index contributed by atoms with van der Waals surface area (Å²) in [5.41, 5.74) is 3.48. The third kappa shape index (κ3) is 1.27. The number of fused-ring (bicyclic) bond motifs is 1. The van der Waals surface area contributed by atoms with E-state index in [1.807, 2.05) is 6.92 Å². The van der Waals surface area contributed by atoms with Crippen molar-refractivity contribution in [3.05, 3.63) is 29.1 Å². The van der Waals surface area contributed by atoms with Gasteiger partial charge in [0.2, 0.25) is 0 Å². The molecule has 1 aliphatic rings. The van der Waals surface area contributed by atoms with Gasteiger partial charge in [-0.15, -0.1) is 0 Å². The summed E-state index contributed by atoms with van der Waals surface area (Å²) in [4.78, 5) is 5.50. The lowest BCUT2D eigenvalue weighted by atomic mass is 9.96. The second-order valence-electron chi connectivity index (χ2n) is 3.24. The summed E-state index contributed by atoms with van der Waals surface area (Å²) in [7, 11) is 0. The van der Waals surface area contributed by atoms with Crippen LogP contribution in [0.15, 0.2) is 12.1 Å². The van der Waals surface area contributed by atoms with Crippen molar-refractivity contribution in [3.8, 4) is 0 Å². The van der Waals surface area contributed by atoms with Crippen LogP contribution in [0.5, 0.6) is 0 Å². The molecule has 0 N–H and O–H groups in total. The highest BCUT2D eigenvalue weighted by molar-refractivity contribution is 7.80. The Morgan fingerprint density at radius 3 is 3.00 bits per heavy atom. The van der Waals surface area contributed by atoms with Crippen molar-refractivity contribution < 1.29 is 0 Å². The number of nitrogens with zero attached hydrogens (tertiary/aromatic N) is 1. The number of hydrogen-bond acceptors (Lipinski definition) is 2. The first-order chi connectivity index (χ1) is 5.77. The zero-order valence-electron chi connectivity index (χ0n) is 7.13. The molecule has 0 aromatic carbocycles. The molecule has 0 unspecified atom stereocenters. The van der Waals surface area contributed by atoms with E-state index in [2.05, 4.69) is 17.1 Å². The maximum absolute atomic E-state index is 5.26. The van der Waals surface area contributed by atoms with E-state index in [0.29, 0.717) is 0 Å². The summed E-state index contributed by atoms with van der Waals surface area (Å²) in [5, 5.41) is 0. The van der Waals surface area contributed by atoms with E-state index in [4.69, 9.17) is 12.2 Å².